The first-order chi connectivity index (χ1) is 48.1. The normalized spacial score (nSPS) is 47.8. The molecule has 32 nitrogen and oxygen atoms in total. The van der Waals surface area contributed by atoms with Gasteiger partial charge in [0.25, 0.3) is 0 Å². The van der Waals surface area contributed by atoms with Gasteiger partial charge >= 0.3 is 11.9 Å². The number of carboxylic acids is 1. The number of hydrogen-bond acceptors (Lipinski definition) is 31. The fraction of sp³-hybridized carbons (Fsp3) is 0.829. The molecule has 11 rings (SSSR count). The zero-order valence-electron chi connectivity index (χ0n) is 58.3. The van der Waals surface area contributed by atoms with Gasteiger partial charge in [0.2, 0.25) is 0 Å². The van der Waals surface area contributed by atoms with Gasteiger partial charge in [-0.1, -0.05) is 59.3 Å². The van der Waals surface area contributed by atoms with E-state index in [1.165, 1.54) is 31.4 Å². The quantitative estimate of drug-likeness (QED) is 0.0258. The van der Waals surface area contributed by atoms with Crippen LogP contribution in [0.5, 0.6) is 11.5 Å². The second-order valence-corrected chi connectivity index (χ2v) is 31.7. The predicted octanol–water partition coefficient (Wildman–Crippen LogP) is -2.69. The SMILES string of the molecule is COc1cc(C=CC(=O)OCC2OC(OC3C(OC4C(O)C(CO)OC(OC5C(CO)OC(OC6CCC7(C)C(CCC8(C)C7CC=C7C9CC(C)(C)CCC9(C(=O)O)CCC78CO)C6(C)C)C(OC6OC(CO)C(O)C(O)C6O)C5O)C4O)OC(CO)C(O)C3O)C(O)C(O)C2O)ccc1O. The Kier molecular flexibility index (Phi) is 23.8. The summed E-state index contributed by atoms with van der Waals surface area (Å²) in [5.41, 5.74) is -1.73. The van der Waals surface area contributed by atoms with Crippen LogP contribution in [0.1, 0.15) is 111 Å². The number of carbonyl (C=O) groups excluding carboxylic acids is 1. The first-order valence-corrected chi connectivity index (χ1v) is 35.4. The molecule has 578 valence electrons. The van der Waals surface area contributed by atoms with Crippen molar-refractivity contribution in [2.75, 3.05) is 46.8 Å². The number of phenols is 1. The van der Waals surface area contributed by atoms with Crippen LogP contribution in [0.2, 0.25) is 0 Å². The lowest BCUT2D eigenvalue weighted by molar-refractivity contribution is -0.406. The molecule has 33 atom stereocenters. The van der Waals surface area contributed by atoms with E-state index in [1.807, 2.05) is 0 Å². The van der Waals surface area contributed by atoms with Gasteiger partial charge < -0.3 is 149 Å². The molecule has 18 N–H and O–H groups in total. The molecule has 0 radical (unpaired) electrons. The highest BCUT2D eigenvalue weighted by molar-refractivity contribution is 5.87. The van der Waals surface area contributed by atoms with E-state index in [-0.39, 0.29) is 46.7 Å². The van der Waals surface area contributed by atoms with Crippen LogP contribution >= 0.6 is 0 Å². The van der Waals surface area contributed by atoms with Gasteiger partial charge in [0.15, 0.2) is 42.9 Å². The molecule has 5 aliphatic carbocycles. The lowest BCUT2D eigenvalue weighted by Gasteiger charge is -2.71. The molecule has 5 aliphatic heterocycles. The van der Waals surface area contributed by atoms with Crippen molar-refractivity contribution in [3.8, 4) is 11.5 Å². The zero-order chi connectivity index (χ0) is 74.2. The van der Waals surface area contributed by atoms with Crippen molar-refractivity contribution < 1.29 is 158 Å². The van der Waals surface area contributed by atoms with Crippen LogP contribution in [0.15, 0.2) is 35.9 Å². The molecule has 33 unspecified atom stereocenters. The second kappa shape index (κ2) is 30.7. The molecule has 5 heterocycles. The Morgan fingerprint density at radius 3 is 1.68 bits per heavy atom. The summed E-state index contributed by atoms with van der Waals surface area (Å²) < 4.78 is 71.8. The molecule has 9 fully saturated rings. The van der Waals surface area contributed by atoms with Crippen molar-refractivity contribution in [3.05, 3.63) is 41.5 Å². The largest absolute Gasteiger partial charge is 0.504 e. The molecule has 4 saturated carbocycles. The summed E-state index contributed by atoms with van der Waals surface area (Å²) in [6, 6.07) is 4.21. The van der Waals surface area contributed by atoms with E-state index in [2.05, 4.69) is 47.6 Å². The number of hydrogen-bond donors (Lipinski definition) is 18. The van der Waals surface area contributed by atoms with E-state index in [0.717, 1.165) is 18.1 Å². The number of aliphatic hydroxyl groups excluding tert-OH is 16. The van der Waals surface area contributed by atoms with E-state index in [4.69, 9.17) is 56.8 Å². The van der Waals surface area contributed by atoms with Crippen LogP contribution in [0.4, 0.5) is 0 Å². The summed E-state index contributed by atoms with van der Waals surface area (Å²) in [5.74, 6) is -2.08. The Morgan fingerprint density at radius 2 is 1.07 bits per heavy atom. The van der Waals surface area contributed by atoms with Crippen LogP contribution < -0.4 is 4.74 Å². The third-order valence-electron chi connectivity index (χ3n) is 25.4. The van der Waals surface area contributed by atoms with Gasteiger partial charge in [0.1, 0.15) is 129 Å². The number of rotatable bonds is 21. The minimum Gasteiger partial charge on any atom is -0.504 e. The smallest absolute Gasteiger partial charge is 0.330 e. The summed E-state index contributed by atoms with van der Waals surface area (Å²) in [5, 5.41) is 201. The van der Waals surface area contributed by atoms with Gasteiger partial charge in [-0.2, -0.15) is 0 Å². The Morgan fingerprint density at radius 1 is 0.539 bits per heavy atom. The molecule has 32 heteroatoms. The number of aromatic hydroxyl groups is 1. The number of ether oxygens (including phenoxy) is 12. The monoisotopic (exact) mass is 1460 g/mol. The molecule has 0 amide bonds. The number of allylic oxidation sites excluding steroid dienone is 1. The van der Waals surface area contributed by atoms with Crippen molar-refractivity contribution in [1.29, 1.82) is 0 Å². The maximum atomic E-state index is 13.4. The summed E-state index contributed by atoms with van der Waals surface area (Å²) in [6.45, 7) is 8.31. The molecule has 10 aliphatic rings. The molecular formula is C70H106O32. The van der Waals surface area contributed by atoms with Gasteiger partial charge in [-0.05, 0) is 127 Å². The fourth-order valence-electron chi connectivity index (χ4n) is 19.4. The summed E-state index contributed by atoms with van der Waals surface area (Å²) in [4.78, 5) is 26.2. The molecule has 1 aromatic carbocycles. The Labute approximate surface area is 589 Å². The number of esters is 1. The molecule has 0 aromatic heterocycles. The zero-order valence-corrected chi connectivity index (χ0v) is 58.3. The Hall–Kier alpha value is -3.80. The molecule has 0 bridgehead atoms. The summed E-state index contributed by atoms with van der Waals surface area (Å²) >= 11 is 0. The number of aliphatic carboxylic acids is 1. The van der Waals surface area contributed by atoms with E-state index in [9.17, 15) is 102 Å². The standard InChI is InChI=1S/C70H106O32/c1-65(2)18-19-69(64(89)90)20-21-70(29-75)31(32(69)23-65)10-12-41-67(5)16-15-42(66(3,4)40(67)14-17-68(41,70)6)98-62-58(102-59-51(85)48(82)44(78)35(24-71)93-59)53(87)55(38(27-74)96-62)99-61-54(88)56(47(81)37(26-73)94-61)100-63-57(50(84)45(79)36(25-72)95-63)101-60-52(86)49(83)46(80)39(97-60)28-92-43(77)13-9-30-8-11-33(76)34(22-30)91-7/h8-11,13,22,32,35-42,44-63,71-76,78-88H,12,14-21,23-29H2,1-7H3,(H,89,90). The van der Waals surface area contributed by atoms with Gasteiger partial charge in [-0.3, -0.25) is 4.79 Å². The van der Waals surface area contributed by atoms with Crippen LogP contribution in [0, 0.1) is 50.2 Å². The number of fused-ring (bicyclic) bond motifs is 7. The number of methoxy groups -OCH3 is 1. The highest BCUT2D eigenvalue weighted by atomic mass is 16.8. The first kappa shape index (κ1) is 79.2. The fourth-order valence-corrected chi connectivity index (χ4v) is 19.4. The number of aliphatic hydroxyl groups is 16. The molecule has 102 heavy (non-hydrogen) atoms. The lowest BCUT2D eigenvalue weighted by atomic mass is 9.33. The minimum absolute atomic E-state index is 0.0349. The first-order valence-electron chi connectivity index (χ1n) is 35.4. The molecule has 1 aromatic rings. The van der Waals surface area contributed by atoms with Crippen molar-refractivity contribution in [2.45, 2.75) is 265 Å². The van der Waals surface area contributed by atoms with E-state index in [1.54, 1.807) is 0 Å². The Balaban J connectivity index is 0.827. The van der Waals surface area contributed by atoms with Crippen LogP contribution in [0.3, 0.4) is 0 Å². The van der Waals surface area contributed by atoms with Gasteiger partial charge in [-0.15, -0.1) is 0 Å². The van der Waals surface area contributed by atoms with E-state index < -0.39 is 226 Å². The molecule has 0 spiro atoms. The Bertz CT molecular complexity index is 3120. The lowest BCUT2D eigenvalue weighted by Crippen LogP contribution is -2.69. The van der Waals surface area contributed by atoms with Crippen molar-refractivity contribution in [3.63, 3.8) is 0 Å². The van der Waals surface area contributed by atoms with E-state index in [0.29, 0.717) is 63.4 Å². The van der Waals surface area contributed by atoms with Gasteiger partial charge in [0.05, 0.1) is 51.7 Å². The number of benzene rings is 1. The summed E-state index contributed by atoms with van der Waals surface area (Å²) in [6.07, 6.45) is -38.9. The maximum Gasteiger partial charge on any atom is 0.330 e. The van der Waals surface area contributed by atoms with E-state index >= 15 is 0 Å². The van der Waals surface area contributed by atoms with Gasteiger partial charge in [-0.25, -0.2) is 4.79 Å². The van der Waals surface area contributed by atoms with Crippen molar-refractivity contribution in [1.82, 2.24) is 0 Å². The molecule has 5 saturated heterocycles. The van der Waals surface area contributed by atoms with Crippen LogP contribution in [-0.2, 0) is 61.7 Å². The second-order valence-electron chi connectivity index (χ2n) is 31.7. The predicted molar refractivity (Wildman–Crippen MR) is 345 cm³/mol. The van der Waals surface area contributed by atoms with Crippen molar-refractivity contribution in [2.24, 2.45) is 50.2 Å². The van der Waals surface area contributed by atoms with Gasteiger partial charge in [0, 0.05) is 11.5 Å². The summed E-state index contributed by atoms with van der Waals surface area (Å²) in [7, 11) is 1.32. The van der Waals surface area contributed by atoms with Crippen molar-refractivity contribution >= 4 is 18.0 Å². The topological polar surface area (TPSA) is 509 Å². The van der Waals surface area contributed by atoms with Crippen LogP contribution in [0.25, 0.3) is 6.08 Å². The number of phenolic OH excluding ortho intramolecular Hbond substituents is 1. The van der Waals surface area contributed by atoms with Crippen LogP contribution in [-0.4, -0.2) is 310 Å². The highest BCUT2D eigenvalue weighted by Crippen LogP contribution is 2.76. The molecular weight excluding hydrogens is 1350 g/mol. The number of carbonyl (C=O) groups is 2. The highest BCUT2D eigenvalue weighted by Gasteiger charge is 2.71. The minimum atomic E-state index is -2.27. The maximum absolute atomic E-state index is 13.4. The third kappa shape index (κ3) is 14.0. The number of carboxylic acid groups (broad SMARTS) is 1. The average Bonchev–Trinajstić information content (AvgIpc) is 0.673. The third-order valence-corrected chi connectivity index (χ3v) is 25.4. The average molecular weight is 1460 g/mol.